The van der Waals surface area contributed by atoms with Crippen LogP contribution >= 0.6 is 0 Å². The lowest BCUT2D eigenvalue weighted by Crippen LogP contribution is -2.23. The molecule has 0 bridgehead atoms. The van der Waals surface area contributed by atoms with Crippen LogP contribution in [0.4, 0.5) is 0 Å². The summed E-state index contributed by atoms with van der Waals surface area (Å²) in [7, 11) is 0. The van der Waals surface area contributed by atoms with Gasteiger partial charge in [0.25, 0.3) is 0 Å². The molecule has 2 aliphatic rings. The minimum Gasteiger partial charge on any atom is -0.490 e. The average Bonchev–Trinajstić information content (AvgIpc) is 3.29. The summed E-state index contributed by atoms with van der Waals surface area (Å²) in [6, 6.07) is 0. The van der Waals surface area contributed by atoms with Gasteiger partial charge in [0.2, 0.25) is 11.7 Å². The Hall–Kier alpha value is -1.88. The third-order valence-corrected chi connectivity index (χ3v) is 4.73. The fourth-order valence-electron chi connectivity index (χ4n) is 3.01. The lowest BCUT2D eigenvalue weighted by molar-refractivity contribution is -0.00210. The van der Waals surface area contributed by atoms with Crippen LogP contribution in [0, 0.1) is 5.92 Å². The number of ether oxygens (including phenoxy) is 2. The number of aromatic nitrogens is 2. The molecule has 1 saturated carbocycles. The largest absolute Gasteiger partial charge is 0.490 e. The van der Waals surface area contributed by atoms with E-state index in [1.807, 2.05) is 26.8 Å². The highest BCUT2D eigenvalue weighted by atomic mass is 16.5. The van der Waals surface area contributed by atoms with Crippen molar-refractivity contribution in [3.8, 4) is 0 Å². The molecule has 1 aromatic rings. The highest BCUT2D eigenvalue weighted by Gasteiger charge is 2.30. The van der Waals surface area contributed by atoms with Gasteiger partial charge in [0, 0.05) is 23.8 Å². The van der Waals surface area contributed by atoms with Gasteiger partial charge in [-0.1, -0.05) is 38.6 Å². The van der Waals surface area contributed by atoms with Crippen molar-refractivity contribution in [2.45, 2.75) is 64.9 Å². The zero-order valence-corrected chi connectivity index (χ0v) is 16.4. The molecule has 5 nitrogen and oxygen atoms in total. The van der Waals surface area contributed by atoms with E-state index in [1.165, 1.54) is 18.4 Å². The van der Waals surface area contributed by atoms with Gasteiger partial charge in [-0.05, 0) is 37.3 Å². The van der Waals surface area contributed by atoms with Crippen LogP contribution in [0.2, 0.25) is 0 Å². The van der Waals surface area contributed by atoms with Crippen LogP contribution in [0.5, 0.6) is 0 Å². The Kier molecular flexibility index (Phi) is 5.66. The molecule has 5 heteroatoms. The lowest BCUT2D eigenvalue weighted by Gasteiger charge is -2.26. The maximum Gasteiger partial charge on any atom is 0.232 e. The summed E-state index contributed by atoms with van der Waals surface area (Å²) in [4.78, 5) is 4.51. The van der Waals surface area contributed by atoms with E-state index in [0.717, 1.165) is 31.8 Å². The van der Waals surface area contributed by atoms with Gasteiger partial charge < -0.3 is 14.0 Å². The summed E-state index contributed by atoms with van der Waals surface area (Å²) in [6.07, 6.45) is 8.59. The van der Waals surface area contributed by atoms with Gasteiger partial charge >= 0.3 is 0 Å². The van der Waals surface area contributed by atoms with Gasteiger partial charge in [0.15, 0.2) is 0 Å². The summed E-state index contributed by atoms with van der Waals surface area (Å²) in [5, 5.41) is 4.10. The molecule has 1 aliphatic heterocycles. The molecule has 142 valence electrons. The molecule has 3 rings (SSSR count). The molecular weight excluding hydrogens is 328 g/mol. The Morgan fingerprint density at radius 3 is 2.42 bits per heavy atom. The van der Waals surface area contributed by atoms with Crippen molar-refractivity contribution in [2.24, 2.45) is 5.92 Å². The van der Waals surface area contributed by atoms with E-state index in [1.54, 1.807) is 0 Å². The van der Waals surface area contributed by atoms with Crippen molar-refractivity contribution in [1.82, 2.24) is 10.1 Å². The Bertz CT molecular complexity index is 699. The standard InChI is InChI=1S/C21H30N2O3/c1-6-17(15-7-8-15)18(25-16-9-11-24-12-10-16)13-14(2)19-22-20(26-23-19)21(3,4)5/h6,13,15-16H,2,7-12H2,1,3-5H3/b17-6-,18-13+. The molecule has 1 aromatic heterocycles. The second-order valence-electron chi connectivity index (χ2n) is 8.15. The number of hydrogen-bond acceptors (Lipinski definition) is 5. The Balaban J connectivity index is 1.82. The first-order valence-corrected chi connectivity index (χ1v) is 9.54. The number of hydrogen-bond donors (Lipinski definition) is 0. The molecule has 2 heterocycles. The van der Waals surface area contributed by atoms with Gasteiger partial charge in [0.05, 0.1) is 13.2 Å². The van der Waals surface area contributed by atoms with Crippen LogP contribution in [0.1, 0.15) is 65.1 Å². The van der Waals surface area contributed by atoms with E-state index in [4.69, 9.17) is 14.0 Å². The van der Waals surface area contributed by atoms with Crippen LogP contribution in [-0.2, 0) is 14.9 Å². The second-order valence-corrected chi connectivity index (χ2v) is 8.15. The van der Waals surface area contributed by atoms with Crippen LogP contribution in [0.15, 0.2) is 34.6 Å². The third kappa shape index (κ3) is 4.64. The number of nitrogens with zero attached hydrogens (tertiary/aromatic N) is 2. The van der Waals surface area contributed by atoms with E-state index in [-0.39, 0.29) is 11.5 Å². The average molecular weight is 358 g/mol. The first-order chi connectivity index (χ1) is 12.4. The summed E-state index contributed by atoms with van der Waals surface area (Å²) >= 11 is 0. The van der Waals surface area contributed by atoms with Crippen molar-refractivity contribution in [3.05, 3.63) is 41.8 Å². The molecule has 1 aliphatic carbocycles. The minimum absolute atomic E-state index is 0.181. The summed E-state index contributed by atoms with van der Waals surface area (Å²) in [5.74, 6) is 2.62. The first-order valence-electron chi connectivity index (χ1n) is 9.54. The zero-order chi connectivity index (χ0) is 18.7. The summed E-state index contributed by atoms with van der Waals surface area (Å²) in [5.41, 5.74) is 1.79. The Labute approximate surface area is 156 Å². The van der Waals surface area contributed by atoms with Gasteiger partial charge in [-0.2, -0.15) is 4.98 Å². The van der Waals surface area contributed by atoms with Crippen LogP contribution < -0.4 is 0 Å². The lowest BCUT2D eigenvalue weighted by atomic mass is 9.97. The summed E-state index contributed by atoms with van der Waals surface area (Å²) < 4.78 is 17.2. The molecule has 2 fully saturated rings. The van der Waals surface area contributed by atoms with Gasteiger partial charge in [0.1, 0.15) is 11.9 Å². The molecular formula is C21H30N2O3. The molecule has 0 aromatic carbocycles. The Morgan fingerprint density at radius 1 is 1.19 bits per heavy atom. The van der Waals surface area contributed by atoms with E-state index >= 15 is 0 Å². The maximum atomic E-state index is 6.38. The van der Waals surface area contributed by atoms with Gasteiger partial charge in [-0.25, -0.2) is 0 Å². The Morgan fingerprint density at radius 2 is 1.88 bits per heavy atom. The molecule has 26 heavy (non-hydrogen) atoms. The zero-order valence-electron chi connectivity index (χ0n) is 16.4. The van der Waals surface area contributed by atoms with Gasteiger partial charge in [-0.3, -0.25) is 0 Å². The molecule has 0 radical (unpaired) electrons. The van der Waals surface area contributed by atoms with Crippen molar-refractivity contribution in [1.29, 1.82) is 0 Å². The van der Waals surface area contributed by atoms with Crippen LogP contribution in [-0.4, -0.2) is 29.5 Å². The monoisotopic (exact) mass is 358 g/mol. The topological polar surface area (TPSA) is 57.4 Å². The molecule has 0 unspecified atom stereocenters. The first kappa shape index (κ1) is 18.9. The highest BCUT2D eigenvalue weighted by Crippen LogP contribution is 2.41. The van der Waals surface area contributed by atoms with E-state index in [2.05, 4.69) is 29.7 Å². The van der Waals surface area contributed by atoms with Crippen molar-refractivity contribution in [3.63, 3.8) is 0 Å². The fraction of sp³-hybridized carbons (Fsp3) is 0.619. The van der Waals surface area contributed by atoms with Crippen LogP contribution in [0.25, 0.3) is 5.57 Å². The molecule has 0 spiro atoms. The van der Waals surface area contributed by atoms with Gasteiger partial charge in [-0.15, -0.1) is 0 Å². The fourth-order valence-corrected chi connectivity index (χ4v) is 3.01. The smallest absolute Gasteiger partial charge is 0.232 e. The summed E-state index contributed by atoms with van der Waals surface area (Å²) in [6.45, 7) is 13.9. The van der Waals surface area contributed by atoms with E-state index in [0.29, 0.717) is 23.2 Å². The quantitative estimate of drug-likeness (QED) is 0.539. The van der Waals surface area contributed by atoms with Crippen molar-refractivity contribution >= 4 is 5.57 Å². The molecule has 0 N–H and O–H groups in total. The minimum atomic E-state index is -0.181. The predicted octanol–water partition coefficient (Wildman–Crippen LogP) is 4.82. The molecule has 0 atom stereocenters. The van der Waals surface area contributed by atoms with Crippen molar-refractivity contribution in [2.75, 3.05) is 13.2 Å². The van der Waals surface area contributed by atoms with E-state index in [9.17, 15) is 0 Å². The number of rotatable bonds is 6. The second kappa shape index (κ2) is 7.78. The molecule has 1 saturated heterocycles. The number of allylic oxidation sites excluding steroid dienone is 4. The predicted molar refractivity (Wildman–Crippen MR) is 102 cm³/mol. The third-order valence-electron chi connectivity index (χ3n) is 4.73. The highest BCUT2D eigenvalue weighted by molar-refractivity contribution is 5.68. The van der Waals surface area contributed by atoms with Crippen LogP contribution in [0.3, 0.4) is 0 Å². The van der Waals surface area contributed by atoms with Crippen molar-refractivity contribution < 1.29 is 14.0 Å². The maximum absolute atomic E-state index is 6.38. The SMILES string of the molecule is C=C(/C=C(OC1CCOCC1)\C(=C/C)C1CC1)c1noc(C(C)(C)C)n1. The normalized spacial score (nSPS) is 20.3. The van der Waals surface area contributed by atoms with E-state index < -0.39 is 0 Å². The molecule has 0 amide bonds.